The molecule has 0 radical (unpaired) electrons. The number of amides is 2. The van der Waals surface area contributed by atoms with Crippen LogP contribution in [0.3, 0.4) is 0 Å². The Labute approximate surface area is 145 Å². The molecule has 0 saturated carbocycles. The van der Waals surface area contributed by atoms with Gasteiger partial charge in [0.25, 0.3) is 5.91 Å². The van der Waals surface area contributed by atoms with Gasteiger partial charge < -0.3 is 19.4 Å². The van der Waals surface area contributed by atoms with Crippen LogP contribution in [0.15, 0.2) is 35.4 Å². The van der Waals surface area contributed by atoms with Crippen molar-refractivity contribution in [1.82, 2.24) is 20.0 Å². The minimum Gasteiger partial charge on any atom is -0.472 e. The fourth-order valence-electron chi connectivity index (χ4n) is 2.83. The quantitative estimate of drug-likeness (QED) is 0.837. The number of rotatable bonds is 6. The molecule has 3 rings (SSSR count). The second-order valence-corrected chi connectivity index (χ2v) is 6.07. The molecular formula is C17H22N4O4. The van der Waals surface area contributed by atoms with Gasteiger partial charge in [-0.2, -0.15) is 5.10 Å². The van der Waals surface area contributed by atoms with Gasteiger partial charge in [0.15, 0.2) is 0 Å². The Morgan fingerprint density at radius 1 is 1.44 bits per heavy atom. The first-order valence-corrected chi connectivity index (χ1v) is 8.30. The van der Waals surface area contributed by atoms with Crippen LogP contribution in [-0.4, -0.2) is 58.8 Å². The number of furan rings is 1. The van der Waals surface area contributed by atoms with Crippen LogP contribution < -0.4 is 5.32 Å². The molecule has 1 aliphatic heterocycles. The Bertz CT molecular complexity index is 710. The molecule has 25 heavy (non-hydrogen) atoms. The van der Waals surface area contributed by atoms with E-state index in [1.165, 1.54) is 12.5 Å². The van der Waals surface area contributed by atoms with Gasteiger partial charge in [-0.3, -0.25) is 14.3 Å². The van der Waals surface area contributed by atoms with Crippen LogP contribution in [-0.2, 0) is 16.1 Å². The Kier molecular flexibility index (Phi) is 5.49. The van der Waals surface area contributed by atoms with Gasteiger partial charge in [0.1, 0.15) is 6.26 Å². The van der Waals surface area contributed by atoms with Gasteiger partial charge in [-0.05, 0) is 18.6 Å². The van der Waals surface area contributed by atoms with Crippen LogP contribution in [0.1, 0.15) is 22.3 Å². The van der Waals surface area contributed by atoms with Gasteiger partial charge in [0.05, 0.1) is 43.8 Å². The van der Waals surface area contributed by atoms with E-state index in [1.54, 1.807) is 21.8 Å². The number of aryl methyl sites for hydroxylation is 1. The van der Waals surface area contributed by atoms with Gasteiger partial charge in [-0.15, -0.1) is 0 Å². The summed E-state index contributed by atoms with van der Waals surface area (Å²) in [4.78, 5) is 26.4. The number of carbonyl (C=O) groups is 2. The lowest BCUT2D eigenvalue weighted by molar-refractivity contribution is -0.123. The average Bonchev–Trinajstić information content (AvgIpc) is 3.27. The van der Waals surface area contributed by atoms with Crippen LogP contribution in [0.2, 0.25) is 0 Å². The molecule has 8 heteroatoms. The second-order valence-electron chi connectivity index (χ2n) is 6.07. The summed E-state index contributed by atoms with van der Waals surface area (Å²) < 4.78 is 12.2. The third-order valence-corrected chi connectivity index (χ3v) is 4.10. The molecule has 3 heterocycles. The third kappa shape index (κ3) is 4.48. The van der Waals surface area contributed by atoms with Gasteiger partial charge in [-0.1, -0.05) is 0 Å². The lowest BCUT2D eigenvalue weighted by atomic mass is 10.1. The van der Waals surface area contributed by atoms with Crippen molar-refractivity contribution in [2.24, 2.45) is 0 Å². The van der Waals surface area contributed by atoms with E-state index in [-0.39, 0.29) is 24.3 Å². The highest BCUT2D eigenvalue weighted by Gasteiger charge is 2.30. The minimum absolute atomic E-state index is 0.107. The molecule has 0 aliphatic carbocycles. The molecule has 2 aromatic heterocycles. The van der Waals surface area contributed by atoms with E-state index in [1.807, 2.05) is 13.1 Å². The molecule has 2 amide bonds. The van der Waals surface area contributed by atoms with Crippen molar-refractivity contribution in [3.63, 3.8) is 0 Å². The zero-order chi connectivity index (χ0) is 17.6. The van der Waals surface area contributed by atoms with Crippen molar-refractivity contribution in [3.8, 4) is 0 Å². The van der Waals surface area contributed by atoms with Gasteiger partial charge in [0, 0.05) is 25.7 Å². The van der Waals surface area contributed by atoms with E-state index in [9.17, 15) is 9.59 Å². The Morgan fingerprint density at radius 3 is 3.04 bits per heavy atom. The predicted molar refractivity (Wildman–Crippen MR) is 88.9 cm³/mol. The zero-order valence-corrected chi connectivity index (χ0v) is 14.2. The minimum atomic E-state index is -0.275. The number of morpholine rings is 1. The SMILES string of the molecule is Cc1cnn(CCNC(=O)C[C@@H]2COCCN2C(=O)c2ccoc2)c1. The van der Waals surface area contributed by atoms with E-state index in [4.69, 9.17) is 9.15 Å². The fourth-order valence-corrected chi connectivity index (χ4v) is 2.83. The Hall–Kier alpha value is -2.61. The number of ether oxygens (including phenoxy) is 1. The molecule has 1 fully saturated rings. The lowest BCUT2D eigenvalue weighted by Gasteiger charge is -2.35. The summed E-state index contributed by atoms with van der Waals surface area (Å²) in [5.74, 6) is -0.244. The average molecular weight is 346 g/mol. The molecule has 1 N–H and O–H groups in total. The molecule has 1 atom stereocenters. The maximum absolute atomic E-state index is 12.5. The van der Waals surface area contributed by atoms with E-state index in [0.717, 1.165) is 5.56 Å². The maximum atomic E-state index is 12.5. The summed E-state index contributed by atoms with van der Waals surface area (Å²) in [5.41, 5.74) is 1.57. The van der Waals surface area contributed by atoms with Crippen molar-refractivity contribution >= 4 is 11.8 Å². The topological polar surface area (TPSA) is 89.6 Å². The van der Waals surface area contributed by atoms with Gasteiger partial charge >= 0.3 is 0 Å². The number of aromatic nitrogens is 2. The van der Waals surface area contributed by atoms with Crippen LogP contribution in [0.5, 0.6) is 0 Å². The molecule has 1 aliphatic rings. The standard InChI is InChI=1S/C17H22N4O4/c1-13-9-19-20(10-13)4-3-18-16(22)8-15-12-25-7-5-21(15)17(23)14-2-6-24-11-14/h2,6,9-11,15H,3-5,7-8,12H2,1H3,(H,18,22)/t15-/m1/s1. The lowest BCUT2D eigenvalue weighted by Crippen LogP contribution is -2.50. The second kappa shape index (κ2) is 7.98. The summed E-state index contributed by atoms with van der Waals surface area (Å²) in [7, 11) is 0. The Morgan fingerprint density at radius 2 is 2.32 bits per heavy atom. The maximum Gasteiger partial charge on any atom is 0.257 e. The molecule has 1 saturated heterocycles. The molecule has 2 aromatic rings. The largest absolute Gasteiger partial charge is 0.472 e. The van der Waals surface area contributed by atoms with Gasteiger partial charge in [-0.25, -0.2) is 0 Å². The van der Waals surface area contributed by atoms with E-state index in [2.05, 4.69) is 10.4 Å². The van der Waals surface area contributed by atoms with Crippen LogP contribution in [0.4, 0.5) is 0 Å². The summed E-state index contributed by atoms with van der Waals surface area (Å²) in [6.45, 7) is 4.36. The molecule has 0 unspecified atom stereocenters. The number of hydrogen-bond donors (Lipinski definition) is 1. The van der Waals surface area contributed by atoms with E-state index in [0.29, 0.717) is 38.4 Å². The van der Waals surface area contributed by atoms with Crippen molar-refractivity contribution < 1.29 is 18.7 Å². The van der Waals surface area contributed by atoms with Gasteiger partial charge in [0.2, 0.25) is 5.91 Å². The highest BCUT2D eigenvalue weighted by Crippen LogP contribution is 2.15. The van der Waals surface area contributed by atoms with E-state index < -0.39 is 0 Å². The molecule has 0 bridgehead atoms. The first-order valence-electron chi connectivity index (χ1n) is 8.30. The summed E-state index contributed by atoms with van der Waals surface area (Å²) in [6, 6.07) is 1.35. The summed E-state index contributed by atoms with van der Waals surface area (Å²) in [5, 5.41) is 7.05. The first-order chi connectivity index (χ1) is 12.1. The predicted octanol–water partition coefficient (Wildman–Crippen LogP) is 0.832. The molecule has 8 nitrogen and oxygen atoms in total. The van der Waals surface area contributed by atoms with Crippen molar-refractivity contribution in [2.45, 2.75) is 25.9 Å². The van der Waals surface area contributed by atoms with Crippen molar-refractivity contribution in [3.05, 3.63) is 42.1 Å². The summed E-state index contributed by atoms with van der Waals surface area (Å²) >= 11 is 0. The van der Waals surface area contributed by atoms with Crippen LogP contribution in [0.25, 0.3) is 0 Å². The molecule has 0 spiro atoms. The molecular weight excluding hydrogens is 324 g/mol. The molecule has 0 aromatic carbocycles. The van der Waals surface area contributed by atoms with Crippen LogP contribution in [0, 0.1) is 6.92 Å². The zero-order valence-electron chi connectivity index (χ0n) is 14.2. The number of carbonyl (C=O) groups excluding carboxylic acids is 2. The highest BCUT2D eigenvalue weighted by atomic mass is 16.5. The Balaban J connectivity index is 1.50. The third-order valence-electron chi connectivity index (χ3n) is 4.10. The fraction of sp³-hybridized carbons (Fsp3) is 0.471. The smallest absolute Gasteiger partial charge is 0.257 e. The molecule has 134 valence electrons. The first kappa shape index (κ1) is 17.2. The van der Waals surface area contributed by atoms with Crippen LogP contribution >= 0.6 is 0 Å². The normalized spacial score (nSPS) is 17.5. The van der Waals surface area contributed by atoms with E-state index >= 15 is 0 Å². The number of nitrogens with zero attached hydrogens (tertiary/aromatic N) is 3. The van der Waals surface area contributed by atoms with Crippen molar-refractivity contribution in [1.29, 1.82) is 0 Å². The highest BCUT2D eigenvalue weighted by molar-refractivity contribution is 5.94. The monoisotopic (exact) mass is 346 g/mol. The number of nitrogens with one attached hydrogen (secondary N) is 1. The van der Waals surface area contributed by atoms with Crippen molar-refractivity contribution in [2.75, 3.05) is 26.3 Å². The summed E-state index contributed by atoms with van der Waals surface area (Å²) in [6.07, 6.45) is 6.79. The number of hydrogen-bond acceptors (Lipinski definition) is 5.